The first-order valence-electron chi connectivity index (χ1n) is 8.94. The summed E-state index contributed by atoms with van der Waals surface area (Å²) in [7, 11) is 0. The maximum Gasteiger partial charge on any atom is 0.277 e. The number of nitrogens with two attached hydrogens (primary N) is 1. The van der Waals surface area contributed by atoms with E-state index in [1.807, 2.05) is 19.1 Å². The SMILES string of the molecule is Cc1nnnn1-c1cccc(NC(=O)c2cn(C3CCC(N)CC3)nn2)c1. The minimum absolute atomic E-state index is 0.255. The maximum atomic E-state index is 12.5. The fourth-order valence-corrected chi connectivity index (χ4v) is 3.31. The zero-order valence-corrected chi connectivity index (χ0v) is 15.0. The zero-order valence-electron chi connectivity index (χ0n) is 15.0. The molecule has 0 unspecified atom stereocenters. The third-order valence-electron chi connectivity index (χ3n) is 4.83. The Hall–Kier alpha value is -3.14. The molecule has 1 fully saturated rings. The quantitative estimate of drug-likeness (QED) is 0.710. The average molecular weight is 367 g/mol. The number of hydrogen-bond donors (Lipinski definition) is 2. The van der Waals surface area contributed by atoms with Gasteiger partial charge in [-0.2, -0.15) is 4.68 Å². The van der Waals surface area contributed by atoms with Crippen LogP contribution in [0.4, 0.5) is 5.69 Å². The Kier molecular flexibility index (Phi) is 4.63. The third kappa shape index (κ3) is 3.70. The minimum atomic E-state index is -0.306. The van der Waals surface area contributed by atoms with Crippen molar-refractivity contribution in [1.29, 1.82) is 0 Å². The number of nitrogens with one attached hydrogen (secondary N) is 1. The Bertz CT molecular complexity index is 939. The minimum Gasteiger partial charge on any atom is -0.328 e. The van der Waals surface area contributed by atoms with E-state index in [2.05, 4.69) is 31.2 Å². The molecule has 2 heterocycles. The summed E-state index contributed by atoms with van der Waals surface area (Å²) in [6, 6.07) is 7.81. The number of anilines is 1. The Morgan fingerprint density at radius 3 is 2.74 bits per heavy atom. The van der Waals surface area contributed by atoms with Gasteiger partial charge in [-0.15, -0.1) is 10.2 Å². The molecular formula is C17H21N9O. The second kappa shape index (κ2) is 7.23. The molecule has 4 rings (SSSR count). The Balaban J connectivity index is 1.46. The van der Waals surface area contributed by atoms with Gasteiger partial charge in [0, 0.05) is 11.7 Å². The van der Waals surface area contributed by atoms with Crippen LogP contribution in [0.25, 0.3) is 5.69 Å². The fraction of sp³-hybridized carbons (Fsp3) is 0.412. The van der Waals surface area contributed by atoms with Crippen LogP contribution in [0.5, 0.6) is 0 Å². The molecule has 1 saturated carbocycles. The molecule has 3 aromatic rings. The number of carbonyl (C=O) groups excluding carboxylic acids is 1. The Morgan fingerprint density at radius 2 is 2.00 bits per heavy atom. The normalized spacial score (nSPS) is 19.8. The van der Waals surface area contributed by atoms with E-state index in [1.165, 1.54) is 0 Å². The highest BCUT2D eigenvalue weighted by Crippen LogP contribution is 2.27. The van der Waals surface area contributed by atoms with Crippen LogP contribution in [0.15, 0.2) is 30.5 Å². The summed E-state index contributed by atoms with van der Waals surface area (Å²) in [5, 5.41) is 22.4. The van der Waals surface area contributed by atoms with Gasteiger partial charge in [0.1, 0.15) is 0 Å². The van der Waals surface area contributed by atoms with E-state index in [9.17, 15) is 4.79 Å². The van der Waals surface area contributed by atoms with E-state index < -0.39 is 0 Å². The molecular weight excluding hydrogens is 346 g/mol. The molecule has 10 heteroatoms. The summed E-state index contributed by atoms with van der Waals surface area (Å²) < 4.78 is 3.38. The first-order chi connectivity index (χ1) is 13.1. The van der Waals surface area contributed by atoms with Crippen LogP contribution >= 0.6 is 0 Å². The van der Waals surface area contributed by atoms with Crippen LogP contribution in [0.2, 0.25) is 0 Å². The van der Waals surface area contributed by atoms with Gasteiger partial charge in [-0.1, -0.05) is 11.3 Å². The van der Waals surface area contributed by atoms with Gasteiger partial charge in [0.05, 0.1) is 17.9 Å². The molecule has 2 aromatic heterocycles. The zero-order chi connectivity index (χ0) is 18.8. The molecule has 0 atom stereocenters. The topological polar surface area (TPSA) is 129 Å². The van der Waals surface area contributed by atoms with Crippen LogP contribution < -0.4 is 11.1 Å². The standard InChI is InChI=1S/C17H21N9O/c1-11-20-22-24-26(11)15-4-2-3-13(9-15)19-17(27)16-10-25(23-21-16)14-7-5-12(18)6-8-14/h2-4,9-10,12,14H,5-8,18H2,1H3,(H,19,27). The molecule has 10 nitrogen and oxygen atoms in total. The number of aromatic nitrogens is 7. The highest BCUT2D eigenvalue weighted by atomic mass is 16.2. The summed E-state index contributed by atoms with van der Waals surface area (Å²) in [5.74, 6) is 0.355. The molecule has 1 aromatic carbocycles. The lowest BCUT2D eigenvalue weighted by molar-refractivity contribution is 0.102. The summed E-state index contributed by atoms with van der Waals surface area (Å²) in [4.78, 5) is 12.5. The number of tetrazole rings is 1. The number of rotatable bonds is 4. The van der Waals surface area contributed by atoms with Crippen molar-refractivity contribution in [3.63, 3.8) is 0 Å². The molecule has 0 aliphatic heterocycles. The van der Waals surface area contributed by atoms with Gasteiger partial charge in [-0.25, -0.2) is 4.68 Å². The van der Waals surface area contributed by atoms with Crippen LogP contribution in [0.3, 0.4) is 0 Å². The van der Waals surface area contributed by atoms with Crippen LogP contribution in [-0.4, -0.2) is 47.2 Å². The van der Waals surface area contributed by atoms with E-state index in [4.69, 9.17) is 5.73 Å². The van der Waals surface area contributed by atoms with Gasteiger partial charge in [0.15, 0.2) is 11.5 Å². The first kappa shape index (κ1) is 17.3. The largest absolute Gasteiger partial charge is 0.328 e. The van der Waals surface area contributed by atoms with Gasteiger partial charge >= 0.3 is 0 Å². The summed E-state index contributed by atoms with van der Waals surface area (Å²) >= 11 is 0. The number of carbonyl (C=O) groups is 1. The van der Waals surface area contributed by atoms with Gasteiger partial charge in [0.2, 0.25) is 0 Å². The van der Waals surface area contributed by atoms with E-state index >= 15 is 0 Å². The second-order valence-electron chi connectivity index (χ2n) is 6.79. The molecule has 1 aliphatic carbocycles. The van der Waals surface area contributed by atoms with Crippen molar-refractivity contribution < 1.29 is 4.79 Å². The third-order valence-corrected chi connectivity index (χ3v) is 4.83. The van der Waals surface area contributed by atoms with Crippen molar-refractivity contribution in [3.05, 3.63) is 42.0 Å². The number of nitrogens with zero attached hydrogens (tertiary/aromatic N) is 7. The molecule has 0 spiro atoms. The van der Waals surface area contributed by atoms with Crippen molar-refractivity contribution in [2.75, 3.05) is 5.32 Å². The Labute approximate surface area is 155 Å². The highest BCUT2D eigenvalue weighted by Gasteiger charge is 2.22. The number of amides is 1. The first-order valence-corrected chi connectivity index (χ1v) is 8.94. The van der Waals surface area contributed by atoms with Crippen LogP contribution in [-0.2, 0) is 0 Å². The van der Waals surface area contributed by atoms with E-state index in [0.717, 1.165) is 31.4 Å². The molecule has 140 valence electrons. The predicted octanol–water partition coefficient (Wildman–Crippen LogP) is 1.26. The van der Waals surface area contributed by atoms with Gasteiger partial charge in [0.25, 0.3) is 5.91 Å². The molecule has 27 heavy (non-hydrogen) atoms. The summed E-state index contributed by atoms with van der Waals surface area (Å²) in [6.07, 6.45) is 5.55. The Morgan fingerprint density at radius 1 is 1.19 bits per heavy atom. The number of aryl methyl sites for hydroxylation is 1. The summed E-state index contributed by atoms with van der Waals surface area (Å²) in [5.41, 5.74) is 7.63. The monoisotopic (exact) mass is 367 g/mol. The molecule has 0 bridgehead atoms. The van der Waals surface area contributed by atoms with Gasteiger partial charge in [-0.05, 0) is 61.2 Å². The maximum absolute atomic E-state index is 12.5. The average Bonchev–Trinajstić information content (AvgIpc) is 3.32. The lowest BCUT2D eigenvalue weighted by Gasteiger charge is -2.25. The van der Waals surface area contributed by atoms with Crippen molar-refractivity contribution in [1.82, 2.24) is 35.2 Å². The van der Waals surface area contributed by atoms with Crippen molar-refractivity contribution in [2.24, 2.45) is 5.73 Å². The van der Waals surface area contributed by atoms with E-state index in [1.54, 1.807) is 27.7 Å². The van der Waals surface area contributed by atoms with E-state index in [0.29, 0.717) is 11.5 Å². The van der Waals surface area contributed by atoms with Gasteiger partial charge in [-0.3, -0.25) is 4.79 Å². The van der Waals surface area contributed by atoms with Crippen LogP contribution in [0.1, 0.15) is 48.0 Å². The lowest BCUT2D eigenvalue weighted by Crippen LogP contribution is -2.28. The fourth-order valence-electron chi connectivity index (χ4n) is 3.31. The van der Waals surface area contributed by atoms with Crippen molar-refractivity contribution in [3.8, 4) is 5.69 Å². The summed E-state index contributed by atoms with van der Waals surface area (Å²) in [6.45, 7) is 1.81. The van der Waals surface area contributed by atoms with E-state index in [-0.39, 0.29) is 23.7 Å². The number of benzene rings is 1. The van der Waals surface area contributed by atoms with Crippen molar-refractivity contribution >= 4 is 11.6 Å². The predicted molar refractivity (Wildman–Crippen MR) is 97.3 cm³/mol. The molecule has 1 amide bonds. The molecule has 3 N–H and O–H groups in total. The number of hydrogen-bond acceptors (Lipinski definition) is 7. The second-order valence-corrected chi connectivity index (χ2v) is 6.79. The molecule has 1 aliphatic rings. The highest BCUT2D eigenvalue weighted by molar-refractivity contribution is 6.02. The molecule has 0 saturated heterocycles. The van der Waals surface area contributed by atoms with Gasteiger partial charge < -0.3 is 11.1 Å². The van der Waals surface area contributed by atoms with Crippen molar-refractivity contribution in [2.45, 2.75) is 44.7 Å². The van der Waals surface area contributed by atoms with Crippen LogP contribution in [0, 0.1) is 6.92 Å². The molecule has 0 radical (unpaired) electrons. The lowest BCUT2D eigenvalue weighted by atomic mass is 9.92. The smallest absolute Gasteiger partial charge is 0.277 e.